The maximum atomic E-state index is 13.0. The lowest BCUT2D eigenvalue weighted by molar-refractivity contribution is -0.131. The van der Waals surface area contributed by atoms with Crippen molar-refractivity contribution in [2.75, 3.05) is 26.2 Å². The first-order valence-corrected chi connectivity index (χ1v) is 9.31. The zero-order valence-electron chi connectivity index (χ0n) is 14.5. The second kappa shape index (κ2) is 7.99. The average Bonchev–Trinajstić information content (AvgIpc) is 2.65. The Bertz CT molecular complexity index is 815. The number of piperazine rings is 1. The van der Waals surface area contributed by atoms with E-state index in [-0.39, 0.29) is 17.6 Å². The maximum absolute atomic E-state index is 13.0. The molecule has 0 aliphatic carbocycles. The summed E-state index contributed by atoms with van der Waals surface area (Å²) in [4.78, 5) is 28.5. The standard InChI is InChI=1S/C20H20BrFN2O2/c1-14-16(3-2-4-18(14)21)13-19(25)23-9-11-24(12-10-23)20(26)15-5-7-17(22)8-6-15/h2-8H,9-13H2,1H3. The fraction of sp³-hybridized carbons (Fsp3) is 0.300. The number of amides is 2. The van der Waals surface area contributed by atoms with Crippen molar-refractivity contribution >= 4 is 27.7 Å². The summed E-state index contributed by atoms with van der Waals surface area (Å²) in [7, 11) is 0. The summed E-state index contributed by atoms with van der Waals surface area (Å²) < 4.78 is 14.0. The Morgan fingerprint density at radius 3 is 2.27 bits per heavy atom. The molecule has 0 saturated carbocycles. The lowest BCUT2D eigenvalue weighted by atomic mass is 10.0. The quantitative estimate of drug-likeness (QED) is 0.765. The molecule has 0 spiro atoms. The molecule has 1 heterocycles. The Labute approximate surface area is 160 Å². The first-order valence-electron chi connectivity index (χ1n) is 8.52. The zero-order valence-corrected chi connectivity index (χ0v) is 16.1. The molecule has 1 aliphatic rings. The summed E-state index contributed by atoms with van der Waals surface area (Å²) in [5.74, 6) is -0.417. The molecule has 1 fully saturated rings. The van der Waals surface area contributed by atoms with E-state index in [2.05, 4.69) is 15.9 Å². The maximum Gasteiger partial charge on any atom is 0.253 e. The fourth-order valence-electron chi connectivity index (χ4n) is 3.05. The van der Waals surface area contributed by atoms with Crippen LogP contribution in [0.4, 0.5) is 4.39 Å². The molecule has 1 saturated heterocycles. The molecule has 6 heteroatoms. The van der Waals surface area contributed by atoms with Gasteiger partial charge in [-0.15, -0.1) is 0 Å². The van der Waals surface area contributed by atoms with E-state index in [1.54, 1.807) is 9.80 Å². The third kappa shape index (κ3) is 4.12. The minimum atomic E-state index is -0.361. The topological polar surface area (TPSA) is 40.6 Å². The predicted molar refractivity (Wildman–Crippen MR) is 101 cm³/mol. The van der Waals surface area contributed by atoms with Gasteiger partial charge in [0.15, 0.2) is 0 Å². The van der Waals surface area contributed by atoms with Gasteiger partial charge in [-0.25, -0.2) is 4.39 Å². The Kier molecular flexibility index (Phi) is 5.71. The number of hydrogen-bond donors (Lipinski definition) is 0. The molecular formula is C20H20BrFN2O2. The van der Waals surface area contributed by atoms with E-state index in [1.807, 2.05) is 25.1 Å². The van der Waals surface area contributed by atoms with Crippen molar-refractivity contribution in [3.05, 3.63) is 69.4 Å². The Morgan fingerprint density at radius 2 is 1.62 bits per heavy atom. The number of hydrogen-bond acceptors (Lipinski definition) is 2. The van der Waals surface area contributed by atoms with Gasteiger partial charge in [0.25, 0.3) is 5.91 Å². The van der Waals surface area contributed by atoms with Crippen molar-refractivity contribution in [3.8, 4) is 0 Å². The molecule has 136 valence electrons. The van der Waals surface area contributed by atoms with Crippen LogP contribution in [-0.2, 0) is 11.2 Å². The highest BCUT2D eigenvalue weighted by Crippen LogP contribution is 2.20. The molecule has 2 amide bonds. The van der Waals surface area contributed by atoms with E-state index in [9.17, 15) is 14.0 Å². The number of rotatable bonds is 3. The minimum absolute atomic E-state index is 0.0695. The number of nitrogens with zero attached hydrogens (tertiary/aromatic N) is 2. The van der Waals surface area contributed by atoms with Gasteiger partial charge in [0.2, 0.25) is 5.91 Å². The first kappa shape index (κ1) is 18.6. The second-order valence-corrected chi connectivity index (χ2v) is 7.23. The van der Waals surface area contributed by atoms with Gasteiger partial charge in [0, 0.05) is 36.2 Å². The van der Waals surface area contributed by atoms with E-state index in [0.717, 1.165) is 15.6 Å². The van der Waals surface area contributed by atoms with Gasteiger partial charge in [-0.3, -0.25) is 9.59 Å². The lowest BCUT2D eigenvalue weighted by Gasteiger charge is -2.35. The predicted octanol–water partition coefficient (Wildman–Crippen LogP) is 3.42. The van der Waals surface area contributed by atoms with Gasteiger partial charge < -0.3 is 9.80 Å². The SMILES string of the molecule is Cc1c(Br)cccc1CC(=O)N1CCN(C(=O)c2ccc(F)cc2)CC1. The first-order chi connectivity index (χ1) is 12.5. The third-order valence-electron chi connectivity index (χ3n) is 4.73. The highest BCUT2D eigenvalue weighted by molar-refractivity contribution is 9.10. The third-order valence-corrected chi connectivity index (χ3v) is 5.59. The van der Waals surface area contributed by atoms with Crippen LogP contribution in [0, 0.1) is 12.7 Å². The second-order valence-electron chi connectivity index (χ2n) is 6.38. The van der Waals surface area contributed by atoms with E-state index in [4.69, 9.17) is 0 Å². The highest BCUT2D eigenvalue weighted by atomic mass is 79.9. The zero-order chi connectivity index (χ0) is 18.7. The molecule has 26 heavy (non-hydrogen) atoms. The van der Waals surface area contributed by atoms with Crippen LogP contribution in [0.1, 0.15) is 21.5 Å². The number of halogens is 2. The molecule has 4 nitrogen and oxygen atoms in total. The molecule has 2 aromatic rings. The van der Waals surface area contributed by atoms with Gasteiger partial charge in [0.1, 0.15) is 5.82 Å². The molecule has 0 unspecified atom stereocenters. The van der Waals surface area contributed by atoms with Gasteiger partial charge >= 0.3 is 0 Å². The smallest absolute Gasteiger partial charge is 0.253 e. The van der Waals surface area contributed by atoms with Crippen molar-refractivity contribution in [1.29, 1.82) is 0 Å². The van der Waals surface area contributed by atoms with Gasteiger partial charge in [-0.2, -0.15) is 0 Å². The molecule has 0 bridgehead atoms. The van der Waals surface area contributed by atoms with Crippen LogP contribution >= 0.6 is 15.9 Å². The van der Waals surface area contributed by atoms with Crippen LogP contribution in [0.2, 0.25) is 0 Å². The van der Waals surface area contributed by atoms with E-state index in [1.165, 1.54) is 24.3 Å². The Morgan fingerprint density at radius 1 is 1.00 bits per heavy atom. The van der Waals surface area contributed by atoms with Crippen LogP contribution in [0.25, 0.3) is 0 Å². The minimum Gasteiger partial charge on any atom is -0.339 e. The van der Waals surface area contributed by atoms with Crippen LogP contribution in [-0.4, -0.2) is 47.8 Å². The fourth-order valence-corrected chi connectivity index (χ4v) is 3.46. The number of carbonyl (C=O) groups is 2. The highest BCUT2D eigenvalue weighted by Gasteiger charge is 2.25. The number of benzene rings is 2. The van der Waals surface area contributed by atoms with Gasteiger partial charge in [-0.05, 0) is 48.4 Å². The molecule has 1 aliphatic heterocycles. The van der Waals surface area contributed by atoms with Crippen molar-refractivity contribution in [2.24, 2.45) is 0 Å². The van der Waals surface area contributed by atoms with Crippen LogP contribution in [0.15, 0.2) is 46.9 Å². The monoisotopic (exact) mass is 418 g/mol. The average molecular weight is 419 g/mol. The summed E-state index contributed by atoms with van der Waals surface area (Å²) in [6.07, 6.45) is 0.358. The molecule has 0 N–H and O–H groups in total. The molecular weight excluding hydrogens is 399 g/mol. The Balaban J connectivity index is 1.57. The van der Waals surface area contributed by atoms with Gasteiger partial charge in [0.05, 0.1) is 6.42 Å². The van der Waals surface area contributed by atoms with Crippen LogP contribution in [0.5, 0.6) is 0 Å². The molecule has 3 rings (SSSR count). The van der Waals surface area contributed by atoms with Crippen LogP contribution < -0.4 is 0 Å². The Hall–Kier alpha value is -2.21. The van der Waals surface area contributed by atoms with Crippen molar-refractivity contribution in [2.45, 2.75) is 13.3 Å². The van der Waals surface area contributed by atoms with Crippen LogP contribution in [0.3, 0.4) is 0 Å². The molecule has 0 aromatic heterocycles. The molecule has 0 radical (unpaired) electrons. The van der Waals surface area contributed by atoms with Crippen molar-refractivity contribution < 1.29 is 14.0 Å². The summed E-state index contributed by atoms with van der Waals surface area (Å²) in [6.45, 7) is 3.99. The van der Waals surface area contributed by atoms with E-state index in [0.29, 0.717) is 38.2 Å². The normalized spacial score (nSPS) is 14.4. The molecule has 0 atom stereocenters. The van der Waals surface area contributed by atoms with E-state index >= 15 is 0 Å². The summed E-state index contributed by atoms with van der Waals surface area (Å²) in [5.41, 5.74) is 2.55. The molecule has 2 aromatic carbocycles. The summed E-state index contributed by atoms with van der Waals surface area (Å²) in [5, 5.41) is 0. The van der Waals surface area contributed by atoms with Crippen molar-refractivity contribution in [3.63, 3.8) is 0 Å². The van der Waals surface area contributed by atoms with Crippen molar-refractivity contribution in [1.82, 2.24) is 9.80 Å². The summed E-state index contributed by atoms with van der Waals surface area (Å²) >= 11 is 3.49. The largest absolute Gasteiger partial charge is 0.339 e. The lowest BCUT2D eigenvalue weighted by Crippen LogP contribution is -2.51. The number of carbonyl (C=O) groups excluding carboxylic acids is 2. The summed E-state index contributed by atoms with van der Waals surface area (Å²) in [6, 6.07) is 11.4. The van der Waals surface area contributed by atoms with Gasteiger partial charge in [-0.1, -0.05) is 28.1 Å². The van der Waals surface area contributed by atoms with E-state index < -0.39 is 0 Å².